The zero-order valence-corrected chi connectivity index (χ0v) is 10.1. The number of fused-ring (bicyclic) bond motifs is 1. The second-order valence-corrected chi connectivity index (χ2v) is 4.11. The van der Waals surface area contributed by atoms with Crippen LogP contribution in [0, 0.1) is 0 Å². The molecule has 0 spiro atoms. The Morgan fingerprint density at radius 3 is 2.76 bits per heavy atom. The first-order chi connectivity index (χ1) is 8.00. The van der Waals surface area contributed by atoms with E-state index in [9.17, 15) is 13.6 Å². The Morgan fingerprint density at radius 1 is 1.35 bits per heavy atom. The first-order valence-electron chi connectivity index (χ1n) is 4.76. The van der Waals surface area contributed by atoms with Gasteiger partial charge in [-0.2, -0.15) is 0 Å². The highest BCUT2D eigenvalue weighted by molar-refractivity contribution is 9.09. The highest BCUT2D eigenvalue weighted by Gasteiger charge is 2.43. The molecule has 1 aliphatic heterocycles. The lowest BCUT2D eigenvalue weighted by Crippen LogP contribution is -2.25. The number of benzene rings is 1. The van der Waals surface area contributed by atoms with Gasteiger partial charge in [-0.1, -0.05) is 15.9 Å². The maximum absolute atomic E-state index is 12.7. The van der Waals surface area contributed by atoms with Crippen molar-refractivity contribution in [3.05, 3.63) is 18.2 Å². The van der Waals surface area contributed by atoms with Gasteiger partial charge in [0, 0.05) is 23.5 Å². The predicted octanol–water partition coefficient (Wildman–Crippen LogP) is 2.73. The molecule has 0 radical (unpaired) electrons. The van der Waals surface area contributed by atoms with Crippen LogP contribution in [-0.4, -0.2) is 17.5 Å². The molecule has 2 rings (SSSR count). The summed E-state index contributed by atoms with van der Waals surface area (Å²) in [6.45, 7) is 0. The fourth-order valence-corrected chi connectivity index (χ4v) is 1.70. The molecule has 92 valence electrons. The molecule has 1 N–H and O–H groups in total. The Kier molecular flexibility index (Phi) is 3.19. The average Bonchev–Trinajstić information content (AvgIpc) is 2.51. The van der Waals surface area contributed by atoms with Gasteiger partial charge in [0.2, 0.25) is 5.91 Å². The summed E-state index contributed by atoms with van der Waals surface area (Å²) < 4.78 is 33.9. The van der Waals surface area contributed by atoms with Crippen molar-refractivity contribution >= 4 is 27.5 Å². The lowest BCUT2D eigenvalue weighted by Gasteiger charge is -2.05. The maximum atomic E-state index is 12.7. The average molecular weight is 308 g/mol. The third-order valence-electron chi connectivity index (χ3n) is 2.01. The van der Waals surface area contributed by atoms with Crippen molar-refractivity contribution in [2.45, 2.75) is 12.7 Å². The fraction of sp³-hybridized carbons (Fsp3) is 0.300. The molecule has 4 nitrogen and oxygen atoms in total. The van der Waals surface area contributed by atoms with Crippen LogP contribution in [-0.2, 0) is 4.79 Å². The van der Waals surface area contributed by atoms with Crippen LogP contribution in [0.3, 0.4) is 0 Å². The van der Waals surface area contributed by atoms with Crippen LogP contribution in [0.1, 0.15) is 6.42 Å². The summed E-state index contributed by atoms with van der Waals surface area (Å²) in [5.41, 5.74) is 0.385. The van der Waals surface area contributed by atoms with Crippen molar-refractivity contribution in [3.8, 4) is 11.5 Å². The van der Waals surface area contributed by atoms with Crippen LogP contribution in [0.2, 0.25) is 0 Å². The zero-order chi connectivity index (χ0) is 12.5. The smallest absolute Gasteiger partial charge is 0.395 e. The van der Waals surface area contributed by atoms with Crippen LogP contribution in [0.15, 0.2) is 18.2 Å². The van der Waals surface area contributed by atoms with E-state index in [1.54, 1.807) is 0 Å². The lowest BCUT2D eigenvalue weighted by atomic mass is 10.2. The summed E-state index contributed by atoms with van der Waals surface area (Å²) in [6, 6.07) is 4.08. The van der Waals surface area contributed by atoms with Crippen molar-refractivity contribution in [1.82, 2.24) is 0 Å². The van der Waals surface area contributed by atoms with Crippen LogP contribution in [0.5, 0.6) is 11.5 Å². The molecule has 17 heavy (non-hydrogen) atoms. The molecule has 0 unspecified atom stereocenters. The first-order valence-corrected chi connectivity index (χ1v) is 5.88. The van der Waals surface area contributed by atoms with Gasteiger partial charge >= 0.3 is 6.29 Å². The molecule has 0 aromatic heterocycles. The van der Waals surface area contributed by atoms with E-state index in [4.69, 9.17) is 0 Å². The molecule has 0 fully saturated rings. The Morgan fingerprint density at radius 2 is 2.06 bits per heavy atom. The third kappa shape index (κ3) is 2.85. The number of carbonyl (C=O) groups excluding carboxylic acids is 1. The highest BCUT2D eigenvalue weighted by atomic mass is 79.9. The van der Waals surface area contributed by atoms with Gasteiger partial charge in [0.15, 0.2) is 11.5 Å². The lowest BCUT2D eigenvalue weighted by molar-refractivity contribution is -0.286. The molecule has 1 aliphatic rings. The molecule has 1 heterocycles. The van der Waals surface area contributed by atoms with Crippen molar-refractivity contribution < 1.29 is 23.0 Å². The highest BCUT2D eigenvalue weighted by Crippen LogP contribution is 2.42. The number of rotatable bonds is 3. The molecular formula is C10H8BrF2NO3. The van der Waals surface area contributed by atoms with E-state index < -0.39 is 6.29 Å². The number of hydrogen-bond donors (Lipinski definition) is 1. The molecule has 0 saturated heterocycles. The van der Waals surface area contributed by atoms with E-state index in [2.05, 4.69) is 30.7 Å². The van der Waals surface area contributed by atoms with E-state index in [1.807, 2.05) is 0 Å². The Balaban J connectivity index is 2.11. The molecule has 0 saturated carbocycles. The number of nitrogens with one attached hydrogen (secondary N) is 1. The number of halogens is 3. The van der Waals surface area contributed by atoms with E-state index in [1.165, 1.54) is 18.2 Å². The van der Waals surface area contributed by atoms with Crippen molar-refractivity contribution in [2.24, 2.45) is 0 Å². The minimum Gasteiger partial charge on any atom is -0.395 e. The summed E-state index contributed by atoms with van der Waals surface area (Å²) in [6.07, 6.45) is -3.34. The largest absolute Gasteiger partial charge is 0.586 e. The third-order valence-corrected chi connectivity index (χ3v) is 2.40. The summed E-state index contributed by atoms with van der Waals surface area (Å²) in [5.74, 6) is -0.354. The normalized spacial score (nSPS) is 15.7. The second-order valence-electron chi connectivity index (χ2n) is 3.32. The standard InChI is InChI=1S/C10H8BrF2NO3/c11-4-3-9(15)14-6-1-2-7-8(5-6)17-10(12,13)16-7/h1-2,5H,3-4H2,(H,14,15). The van der Waals surface area contributed by atoms with E-state index in [0.717, 1.165) is 0 Å². The van der Waals surface area contributed by atoms with Crippen LogP contribution < -0.4 is 14.8 Å². The van der Waals surface area contributed by atoms with Crippen molar-refractivity contribution in [2.75, 3.05) is 10.6 Å². The fourth-order valence-electron chi connectivity index (χ4n) is 1.34. The van der Waals surface area contributed by atoms with Crippen LogP contribution in [0.4, 0.5) is 14.5 Å². The van der Waals surface area contributed by atoms with Gasteiger partial charge in [-0.25, -0.2) is 0 Å². The topological polar surface area (TPSA) is 47.6 Å². The van der Waals surface area contributed by atoms with Crippen molar-refractivity contribution in [1.29, 1.82) is 0 Å². The van der Waals surface area contributed by atoms with Gasteiger partial charge in [0.25, 0.3) is 0 Å². The monoisotopic (exact) mass is 307 g/mol. The summed E-state index contributed by atoms with van der Waals surface area (Å²) in [7, 11) is 0. The van der Waals surface area contributed by atoms with Crippen LogP contribution >= 0.6 is 15.9 Å². The SMILES string of the molecule is O=C(CCBr)Nc1ccc2c(c1)OC(F)(F)O2. The van der Waals surface area contributed by atoms with E-state index >= 15 is 0 Å². The molecule has 1 aromatic rings. The Bertz CT molecular complexity index is 453. The number of ether oxygens (including phenoxy) is 2. The minimum absolute atomic E-state index is 0.0477. The van der Waals surface area contributed by atoms with Crippen molar-refractivity contribution in [3.63, 3.8) is 0 Å². The van der Waals surface area contributed by atoms with E-state index in [-0.39, 0.29) is 17.4 Å². The van der Waals surface area contributed by atoms with Gasteiger partial charge in [-0.3, -0.25) is 4.79 Å². The van der Waals surface area contributed by atoms with Gasteiger partial charge < -0.3 is 14.8 Å². The quantitative estimate of drug-likeness (QED) is 0.874. The maximum Gasteiger partial charge on any atom is 0.586 e. The number of hydrogen-bond acceptors (Lipinski definition) is 3. The molecule has 7 heteroatoms. The molecule has 1 aromatic carbocycles. The molecule has 0 bridgehead atoms. The molecular weight excluding hydrogens is 300 g/mol. The predicted molar refractivity (Wildman–Crippen MR) is 59.7 cm³/mol. The van der Waals surface area contributed by atoms with E-state index in [0.29, 0.717) is 17.4 Å². The van der Waals surface area contributed by atoms with Crippen LogP contribution in [0.25, 0.3) is 0 Å². The van der Waals surface area contributed by atoms with Gasteiger partial charge in [-0.05, 0) is 12.1 Å². The Labute approximate surface area is 104 Å². The number of carbonyl (C=O) groups is 1. The Hall–Kier alpha value is -1.37. The minimum atomic E-state index is -3.64. The number of anilines is 1. The molecule has 0 aliphatic carbocycles. The van der Waals surface area contributed by atoms with Gasteiger partial charge in [-0.15, -0.1) is 8.78 Å². The van der Waals surface area contributed by atoms with Gasteiger partial charge in [0.05, 0.1) is 0 Å². The summed E-state index contributed by atoms with van der Waals surface area (Å²) in [4.78, 5) is 11.3. The first kappa shape index (κ1) is 12.1. The summed E-state index contributed by atoms with van der Waals surface area (Å²) >= 11 is 3.12. The second kappa shape index (κ2) is 4.48. The van der Waals surface area contributed by atoms with Gasteiger partial charge in [0.1, 0.15) is 0 Å². The molecule has 0 atom stereocenters. The summed E-state index contributed by atoms with van der Waals surface area (Å²) in [5, 5.41) is 3.08. The number of amides is 1. The number of alkyl halides is 3. The zero-order valence-electron chi connectivity index (χ0n) is 8.50. The molecule has 1 amide bonds.